The van der Waals surface area contributed by atoms with E-state index in [4.69, 9.17) is 0 Å². The Hall–Kier alpha value is -3.00. The first-order valence-electron chi connectivity index (χ1n) is 8.06. The summed E-state index contributed by atoms with van der Waals surface area (Å²) in [6, 6.07) is 7.85. The fraction of sp³-hybridized carbons (Fsp3) is 0.176. The van der Waals surface area contributed by atoms with Crippen LogP contribution in [0.1, 0.15) is 27.2 Å². The van der Waals surface area contributed by atoms with E-state index in [2.05, 4.69) is 25.8 Å². The van der Waals surface area contributed by atoms with Crippen LogP contribution in [0.3, 0.4) is 0 Å². The van der Waals surface area contributed by atoms with Gasteiger partial charge in [-0.1, -0.05) is 6.07 Å². The molecule has 3 aromatic heterocycles. The fourth-order valence-corrected chi connectivity index (χ4v) is 4.66. The summed E-state index contributed by atoms with van der Waals surface area (Å²) in [6.45, 7) is 0. The normalized spacial score (nSPS) is 13.3. The minimum absolute atomic E-state index is 0.115. The van der Waals surface area contributed by atoms with Crippen LogP contribution in [0.2, 0.25) is 0 Å². The molecular formula is C17H14N6OS. The quantitative estimate of drug-likeness (QED) is 0.594. The van der Waals surface area contributed by atoms with Crippen LogP contribution in [-0.2, 0) is 12.8 Å². The Bertz CT molecular complexity index is 1080. The molecule has 5 rings (SSSR count). The maximum atomic E-state index is 13.0. The number of nitrogens with one attached hydrogen (secondary N) is 2. The number of hydrogen-bond acceptors (Lipinski definition) is 5. The van der Waals surface area contributed by atoms with Crippen LogP contribution in [0, 0.1) is 0 Å². The first kappa shape index (κ1) is 14.4. The van der Waals surface area contributed by atoms with E-state index in [1.54, 1.807) is 16.0 Å². The van der Waals surface area contributed by atoms with Crippen LogP contribution >= 0.6 is 11.3 Å². The second-order valence-electron chi connectivity index (χ2n) is 6.03. The molecule has 1 amide bonds. The fourth-order valence-electron chi connectivity index (χ4n) is 3.36. The van der Waals surface area contributed by atoms with Gasteiger partial charge in [-0.05, 0) is 58.8 Å². The van der Waals surface area contributed by atoms with Crippen molar-refractivity contribution in [2.45, 2.75) is 19.3 Å². The van der Waals surface area contributed by atoms with Crippen molar-refractivity contribution in [3.63, 3.8) is 0 Å². The second-order valence-corrected chi connectivity index (χ2v) is 7.11. The number of anilines is 1. The van der Waals surface area contributed by atoms with Gasteiger partial charge in [0.05, 0.1) is 5.56 Å². The SMILES string of the molecule is O=C(Nc1ccc2cc[nH]c2c1)c1c(-n2cnnn2)sc2c1CCC2. The number of benzene rings is 1. The van der Waals surface area contributed by atoms with E-state index < -0.39 is 0 Å². The molecular weight excluding hydrogens is 336 g/mol. The summed E-state index contributed by atoms with van der Waals surface area (Å²) in [4.78, 5) is 17.5. The monoisotopic (exact) mass is 350 g/mol. The summed E-state index contributed by atoms with van der Waals surface area (Å²) in [7, 11) is 0. The number of aromatic nitrogens is 5. The number of H-pyrrole nitrogens is 1. The number of aryl methyl sites for hydroxylation is 1. The highest BCUT2D eigenvalue weighted by molar-refractivity contribution is 7.15. The molecule has 1 aliphatic rings. The van der Waals surface area contributed by atoms with E-state index >= 15 is 0 Å². The van der Waals surface area contributed by atoms with Gasteiger partial charge in [0.25, 0.3) is 5.91 Å². The number of rotatable bonds is 3. The Kier molecular flexibility index (Phi) is 3.17. The average Bonchev–Trinajstić information content (AvgIpc) is 3.36. The van der Waals surface area contributed by atoms with Crippen molar-refractivity contribution in [1.82, 2.24) is 25.2 Å². The lowest BCUT2D eigenvalue weighted by molar-refractivity contribution is 0.102. The molecule has 7 nitrogen and oxygen atoms in total. The van der Waals surface area contributed by atoms with Gasteiger partial charge in [0, 0.05) is 22.3 Å². The summed E-state index contributed by atoms with van der Waals surface area (Å²) < 4.78 is 1.58. The first-order chi connectivity index (χ1) is 12.3. The highest BCUT2D eigenvalue weighted by Gasteiger charge is 2.28. The molecule has 1 aromatic carbocycles. The zero-order valence-corrected chi connectivity index (χ0v) is 14.0. The van der Waals surface area contributed by atoms with Gasteiger partial charge in [-0.25, -0.2) is 0 Å². The molecule has 8 heteroatoms. The Morgan fingerprint density at radius 3 is 3.12 bits per heavy atom. The van der Waals surface area contributed by atoms with Crippen LogP contribution in [0.15, 0.2) is 36.8 Å². The second kappa shape index (κ2) is 5.52. The third-order valence-corrected chi connectivity index (χ3v) is 5.78. The molecule has 25 heavy (non-hydrogen) atoms. The van der Waals surface area contributed by atoms with Gasteiger partial charge >= 0.3 is 0 Å². The highest BCUT2D eigenvalue weighted by Crippen LogP contribution is 2.37. The Labute approximate surface area is 146 Å². The minimum Gasteiger partial charge on any atom is -0.361 e. The van der Waals surface area contributed by atoms with Crippen molar-refractivity contribution >= 4 is 33.8 Å². The Morgan fingerprint density at radius 2 is 2.24 bits per heavy atom. The smallest absolute Gasteiger partial charge is 0.259 e. The molecule has 124 valence electrons. The largest absolute Gasteiger partial charge is 0.361 e. The lowest BCUT2D eigenvalue weighted by atomic mass is 10.1. The lowest BCUT2D eigenvalue weighted by Gasteiger charge is -2.08. The zero-order valence-electron chi connectivity index (χ0n) is 13.2. The highest BCUT2D eigenvalue weighted by atomic mass is 32.1. The molecule has 0 fully saturated rings. The van der Waals surface area contributed by atoms with Gasteiger partial charge in [-0.2, -0.15) is 4.68 Å². The maximum Gasteiger partial charge on any atom is 0.259 e. The van der Waals surface area contributed by atoms with Gasteiger partial charge in [0.2, 0.25) is 0 Å². The number of amides is 1. The van der Waals surface area contributed by atoms with Crippen molar-refractivity contribution in [3.8, 4) is 5.00 Å². The van der Waals surface area contributed by atoms with Gasteiger partial charge in [0.1, 0.15) is 11.3 Å². The van der Waals surface area contributed by atoms with Gasteiger partial charge < -0.3 is 10.3 Å². The lowest BCUT2D eigenvalue weighted by Crippen LogP contribution is -2.15. The van der Waals surface area contributed by atoms with E-state index in [0.717, 1.165) is 46.4 Å². The van der Waals surface area contributed by atoms with Crippen LogP contribution in [0.4, 0.5) is 5.69 Å². The molecule has 3 heterocycles. The van der Waals surface area contributed by atoms with E-state index in [9.17, 15) is 4.79 Å². The van der Waals surface area contributed by atoms with Crippen molar-refractivity contribution < 1.29 is 4.79 Å². The summed E-state index contributed by atoms with van der Waals surface area (Å²) in [5.41, 5.74) is 3.58. The number of tetrazole rings is 1. The molecule has 0 unspecified atom stereocenters. The van der Waals surface area contributed by atoms with Gasteiger partial charge in [0.15, 0.2) is 0 Å². The average molecular weight is 350 g/mol. The first-order valence-corrected chi connectivity index (χ1v) is 8.87. The predicted molar refractivity (Wildman–Crippen MR) is 95.3 cm³/mol. The Morgan fingerprint density at radius 1 is 1.28 bits per heavy atom. The van der Waals surface area contributed by atoms with Crippen molar-refractivity contribution in [2.75, 3.05) is 5.32 Å². The standard InChI is InChI=1S/C17H14N6OS/c24-16(20-11-5-4-10-6-7-18-13(10)8-11)15-12-2-1-3-14(12)25-17(15)23-9-19-21-22-23/h4-9,18H,1-3H2,(H,20,24). The molecule has 0 spiro atoms. The zero-order chi connectivity index (χ0) is 16.8. The maximum absolute atomic E-state index is 13.0. The molecule has 1 aliphatic carbocycles. The van der Waals surface area contributed by atoms with Gasteiger partial charge in [-0.15, -0.1) is 16.4 Å². The molecule has 0 aliphatic heterocycles. The summed E-state index contributed by atoms with van der Waals surface area (Å²) >= 11 is 1.60. The van der Waals surface area contributed by atoms with Crippen LogP contribution in [0.5, 0.6) is 0 Å². The number of aromatic amines is 1. The number of hydrogen-bond donors (Lipinski definition) is 2. The molecule has 0 bridgehead atoms. The molecule has 0 radical (unpaired) electrons. The minimum atomic E-state index is -0.115. The topological polar surface area (TPSA) is 88.5 Å². The van der Waals surface area contributed by atoms with Gasteiger partial charge in [-0.3, -0.25) is 4.79 Å². The van der Waals surface area contributed by atoms with E-state index in [1.165, 1.54) is 11.2 Å². The van der Waals surface area contributed by atoms with E-state index in [-0.39, 0.29) is 5.91 Å². The third kappa shape index (κ3) is 2.33. The molecule has 0 saturated carbocycles. The number of carbonyl (C=O) groups is 1. The Balaban J connectivity index is 1.54. The van der Waals surface area contributed by atoms with Crippen molar-refractivity contribution in [2.24, 2.45) is 0 Å². The number of carbonyl (C=O) groups excluding carboxylic acids is 1. The third-order valence-electron chi connectivity index (χ3n) is 4.50. The van der Waals surface area contributed by atoms with E-state index in [0.29, 0.717) is 5.56 Å². The predicted octanol–water partition coefficient (Wildman–Crippen LogP) is 2.95. The summed E-state index contributed by atoms with van der Waals surface area (Å²) in [5.74, 6) is -0.115. The van der Waals surface area contributed by atoms with Crippen molar-refractivity contribution in [1.29, 1.82) is 0 Å². The summed E-state index contributed by atoms with van der Waals surface area (Å²) in [5, 5.41) is 16.3. The molecule has 2 N–H and O–H groups in total. The van der Waals surface area contributed by atoms with Crippen LogP contribution in [-0.4, -0.2) is 31.1 Å². The molecule has 4 aromatic rings. The number of fused-ring (bicyclic) bond motifs is 2. The molecule has 0 atom stereocenters. The van der Waals surface area contributed by atoms with Crippen LogP contribution in [0.25, 0.3) is 15.9 Å². The number of nitrogens with zero attached hydrogens (tertiary/aromatic N) is 4. The molecule has 0 saturated heterocycles. The van der Waals surface area contributed by atoms with Crippen LogP contribution < -0.4 is 5.32 Å². The summed E-state index contributed by atoms with van der Waals surface area (Å²) in [6.07, 6.45) is 6.44. The van der Waals surface area contributed by atoms with E-state index in [1.807, 2.05) is 30.5 Å². The van der Waals surface area contributed by atoms with Crippen molar-refractivity contribution in [3.05, 3.63) is 52.8 Å². The number of thiophene rings is 1.